The Morgan fingerprint density at radius 3 is 2.35 bits per heavy atom. The Hall–Kier alpha value is -2.79. The standard InChI is InChI=1S/C26H34BrN5O4S/c1-16(2)26(34)29-12-5-13-31(37(4,35)36)23-15-22-21(14-20(23)17-6-7-17)24(25(28)33)32(30(22)3)19-10-8-18(27)9-11-19/h8-11,14-17,24H,5-7,12-13H2,1-4H3,(H2,28,33)(H,29,34). The first-order valence-corrected chi connectivity index (χ1v) is 15.0. The molecule has 0 spiro atoms. The second-order valence-corrected chi connectivity index (χ2v) is 12.9. The summed E-state index contributed by atoms with van der Waals surface area (Å²) >= 11 is 3.45. The quantitative estimate of drug-likeness (QED) is 0.407. The summed E-state index contributed by atoms with van der Waals surface area (Å²) in [6, 6.07) is 10.7. The predicted octanol–water partition coefficient (Wildman–Crippen LogP) is 3.65. The molecule has 2 aromatic rings. The lowest BCUT2D eigenvalue weighted by molar-refractivity contribution is -0.124. The maximum Gasteiger partial charge on any atom is 0.246 e. The van der Waals surface area contributed by atoms with Gasteiger partial charge in [-0.05, 0) is 67.1 Å². The topological polar surface area (TPSA) is 116 Å². The van der Waals surface area contributed by atoms with Gasteiger partial charge in [0.05, 0.1) is 23.3 Å². The van der Waals surface area contributed by atoms with E-state index in [2.05, 4.69) is 21.2 Å². The van der Waals surface area contributed by atoms with Crippen molar-refractivity contribution in [2.75, 3.05) is 40.7 Å². The number of rotatable bonds is 10. The Bertz CT molecular complexity index is 1290. The van der Waals surface area contributed by atoms with Crippen molar-refractivity contribution in [2.24, 2.45) is 11.7 Å². The van der Waals surface area contributed by atoms with Crippen molar-refractivity contribution in [1.82, 2.24) is 5.32 Å². The van der Waals surface area contributed by atoms with Gasteiger partial charge >= 0.3 is 0 Å². The van der Waals surface area contributed by atoms with Crippen LogP contribution in [0.1, 0.15) is 56.2 Å². The van der Waals surface area contributed by atoms with Gasteiger partial charge in [-0.2, -0.15) is 0 Å². The van der Waals surface area contributed by atoms with Crippen molar-refractivity contribution in [3.63, 3.8) is 0 Å². The van der Waals surface area contributed by atoms with Crippen molar-refractivity contribution in [3.8, 4) is 0 Å². The third-order valence-corrected chi connectivity index (χ3v) is 8.50. The fraction of sp³-hybridized carbons (Fsp3) is 0.462. The van der Waals surface area contributed by atoms with Gasteiger partial charge in [-0.25, -0.2) is 8.42 Å². The minimum atomic E-state index is -3.61. The van der Waals surface area contributed by atoms with E-state index in [1.54, 1.807) is 0 Å². The summed E-state index contributed by atoms with van der Waals surface area (Å²) in [4.78, 5) is 24.6. The summed E-state index contributed by atoms with van der Waals surface area (Å²) in [5, 5.41) is 6.55. The molecule has 1 unspecified atom stereocenters. The van der Waals surface area contributed by atoms with Crippen LogP contribution in [-0.2, 0) is 19.6 Å². The lowest BCUT2D eigenvalue weighted by Gasteiger charge is -2.32. The molecule has 1 saturated carbocycles. The molecule has 2 aliphatic rings. The molecule has 3 N–H and O–H groups in total. The molecule has 2 aromatic carbocycles. The van der Waals surface area contributed by atoms with Crippen molar-refractivity contribution in [2.45, 2.75) is 45.1 Å². The van der Waals surface area contributed by atoms with E-state index >= 15 is 0 Å². The molecule has 9 nitrogen and oxygen atoms in total. The summed E-state index contributed by atoms with van der Waals surface area (Å²) in [5.41, 5.74) is 9.73. The first-order valence-electron chi connectivity index (χ1n) is 12.4. The van der Waals surface area contributed by atoms with Crippen LogP contribution in [0.3, 0.4) is 0 Å². The second kappa shape index (κ2) is 10.5. The van der Waals surface area contributed by atoms with E-state index in [-0.39, 0.29) is 24.3 Å². The molecule has 1 atom stereocenters. The van der Waals surface area contributed by atoms with E-state index in [1.807, 2.05) is 67.3 Å². The van der Waals surface area contributed by atoms with Crippen molar-refractivity contribution >= 4 is 54.8 Å². The van der Waals surface area contributed by atoms with Crippen molar-refractivity contribution in [1.29, 1.82) is 0 Å². The number of nitrogens with one attached hydrogen (secondary N) is 1. The number of carbonyl (C=O) groups is 2. The normalized spacial score (nSPS) is 17.2. The van der Waals surface area contributed by atoms with Crippen LogP contribution in [-0.4, -0.2) is 46.6 Å². The van der Waals surface area contributed by atoms with E-state index in [4.69, 9.17) is 5.73 Å². The zero-order valence-electron chi connectivity index (χ0n) is 21.6. The van der Waals surface area contributed by atoms with E-state index in [0.717, 1.165) is 39.8 Å². The molecule has 2 amide bonds. The van der Waals surface area contributed by atoms with E-state index in [9.17, 15) is 18.0 Å². The summed E-state index contributed by atoms with van der Waals surface area (Å²) in [5.74, 6) is -0.449. The number of primary amides is 1. The highest BCUT2D eigenvalue weighted by atomic mass is 79.9. The summed E-state index contributed by atoms with van der Waals surface area (Å²) in [6.45, 7) is 4.25. The van der Waals surface area contributed by atoms with Crippen LogP contribution in [0.25, 0.3) is 0 Å². The van der Waals surface area contributed by atoms with Crippen LogP contribution in [0.5, 0.6) is 0 Å². The van der Waals surface area contributed by atoms with Crippen LogP contribution < -0.4 is 25.4 Å². The molecule has 1 heterocycles. The number of nitrogens with zero attached hydrogens (tertiary/aromatic N) is 3. The number of nitrogens with two attached hydrogens (primary N) is 1. The SMILES string of the molecule is CC(C)C(=O)NCCCN(c1cc2c(cc1C1CC1)C(C(N)=O)N(c1ccc(Br)cc1)N2C)S(C)(=O)=O. The number of fused-ring (bicyclic) bond motifs is 1. The Labute approximate surface area is 227 Å². The van der Waals surface area contributed by atoms with Gasteiger partial charge in [0.2, 0.25) is 21.8 Å². The molecule has 1 aliphatic heterocycles. The first-order chi connectivity index (χ1) is 17.4. The average Bonchev–Trinajstić information content (AvgIpc) is 3.62. The Morgan fingerprint density at radius 1 is 1.16 bits per heavy atom. The number of anilines is 3. The van der Waals surface area contributed by atoms with Crippen molar-refractivity contribution < 1.29 is 18.0 Å². The number of halogens is 1. The van der Waals surface area contributed by atoms with Crippen LogP contribution in [0.4, 0.5) is 17.1 Å². The molecule has 0 bridgehead atoms. The van der Waals surface area contributed by atoms with Gasteiger partial charge in [0, 0.05) is 36.1 Å². The zero-order chi connectivity index (χ0) is 27.1. The Balaban J connectivity index is 1.73. The molecule has 0 radical (unpaired) electrons. The number of amides is 2. The van der Waals surface area contributed by atoms with Gasteiger partial charge in [0.25, 0.3) is 0 Å². The minimum Gasteiger partial charge on any atom is -0.368 e. The first kappa shape index (κ1) is 27.3. The van der Waals surface area contributed by atoms with Gasteiger partial charge in [-0.15, -0.1) is 0 Å². The average molecular weight is 593 g/mol. The lowest BCUT2D eigenvalue weighted by atomic mass is 9.98. The van der Waals surface area contributed by atoms with Gasteiger partial charge < -0.3 is 11.1 Å². The molecule has 0 aromatic heterocycles. The largest absolute Gasteiger partial charge is 0.368 e. The summed E-state index contributed by atoms with van der Waals surface area (Å²) < 4.78 is 28.3. The highest BCUT2D eigenvalue weighted by molar-refractivity contribution is 9.10. The maximum atomic E-state index is 13.0. The third kappa shape index (κ3) is 5.72. The fourth-order valence-electron chi connectivity index (χ4n) is 4.76. The van der Waals surface area contributed by atoms with Gasteiger partial charge in [0.15, 0.2) is 6.04 Å². The third-order valence-electron chi connectivity index (χ3n) is 6.80. The molecule has 4 rings (SSSR count). The van der Waals surface area contributed by atoms with Crippen LogP contribution in [0.15, 0.2) is 40.9 Å². The van der Waals surface area contributed by atoms with Gasteiger partial charge in [0.1, 0.15) is 0 Å². The van der Waals surface area contributed by atoms with Crippen LogP contribution in [0, 0.1) is 5.92 Å². The highest BCUT2D eigenvalue weighted by Crippen LogP contribution is 2.51. The number of benzene rings is 2. The monoisotopic (exact) mass is 591 g/mol. The fourth-order valence-corrected chi connectivity index (χ4v) is 6.00. The number of carbonyl (C=O) groups excluding carboxylic acids is 2. The molecule has 37 heavy (non-hydrogen) atoms. The zero-order valence-corrected chi connectivity index (χ0v) is 24.0. The summed E-state index contributed by atoms with van der Waals surface area (Å²) in [6.07, 6.45) is 3.59. The smallest absolute Gasteiger partial charge is 0.246 e. The second-order valence-electron chi connectivity index (χ2n) is 10.0. The van der Waals surface area contributed by atoms with E-state index in [0.29, 0.717) is 18.7 Å². The van der Waals surface area contributed by atoms with Gasteiger partial charge in [-0.1, -0.05) is 29.8 Å². The van der Waals surface area contributed by atoms with Gasteiger partial charge in [-0.3, -0.25) is 23.9 Å². The van der Waals surface area contributed by atoms with Crippen LogP contribution >= 0.6 is 15.9 Å². The summed E-state index contributed by atoms with van der Waals surface area (Å²) in [7, 11) is -1.76. The van der Waals surface area contributed by atoms with Crippen LogP contribution in [0.2, 0.25) is 0 Å². The highest BCUT2D eigenvalue weighted by Gasteiger charge is 2.41. The number of hydrazine groups is 1. The number of sulfonamides is 1. The molecule has 1 fully saturated rings. The molecule has 0 saturated heterocycles. The number of hydrogen-bond acceptors (Lipinski definition) is 6. The minimum absolute atomic E-state index is 0.0609. The Morgan fingerprint density at radius 2 is 1.81 bits per heavy atom. The molecule has 200 valence electrons. The number of hydrogen-bond donors (Lipinski definition) is 2. The predicted molar refractivity (Wildman–Crippen MR) is 150 cm³/mol. The lowest BCUT2D eigenvalue weighted by Crippen LogP contribution is -2.42. The molecule has 11 heteroatoms. The molecular weight excluding hydrogens is 558 g/mol. The molecule has 1 aliphatic carbocycles. The Kier molecular flexibility index (Phi) is 7.75. The van der Waals surface area contributed by atoms with E-state index in [1.165, 1.54) is 10.6 Å². The van der Waals surface area contributed by atoms with E-state index < -0.39 is 22.0 Å². The van der Waals surface area contributed by atoms with Crippen molar-refractivity contribution in [3.05, 3.63) is 52.0 Å². The maximum absolute atomic E-state index is 13.0. The molecular formula is C26H34BrN5O4S.